The van der Waals surface area contributed by atoms with Crippen LogP contribution in [0.2, 0.25) is 0 Å². The summed E-state index contributed by atoms with van der Waals surface area (Å²) in [5, 5.41) is 2.21. The van der Waals surface area contributed by atoms with Crippen LogP contribution in [0.1, 0.15) is 47.9 Å². The summed E-state index contributed by atoms with van der Waals surface area (Å²) in [5.41, 5.74) is 2.33. The van der Waals surface area contributed by atoms with Crippen LogP contribution in [0.5, 0.6) is 0 Å². The fraction of sp³-hybridized carbons (Fsp3) is 0.185. The molecule has 0 unspecified atom stereocenters. The second-order valence-electron chi connectivity index (χ2n) is 8.13. The summed E-state index contributed by atoms with van der Waals surface area (Å²) in [4.78, 5) is 50.6. The van der Waals surface area contributed by atoms with Crippen molar-refractivity contribution in [3.8, 4) is 11.3 Å². The first-order valence-electron chi connectivity index (χ1n) is 11.1. The van der Waals surface area contributed by atoms with Gasteiger partial charge in [-0.25, -0.2) is 14.5 Å². The maximum absolute atomic E-state index is 13.1. The lowest BCUT2D eigenvalue weighted by Gasteiger charge is -2.26. The highest BCUT2D eigenvalue weighted by molar-refractivity contribution is 6.39. The molecule has 3 aromatic rings. The van der Waals surface area contributed by atoms with Gasteiger partial charge in [0.25, 0.3) is 11.8 Å². The van der Waals surface area contributed by atoms with Crippen molar-refractivity contribution in [2.75, 3.05) is 12.0 Å². The Bertz CT molecular complexity index is 1320. The van der Waals surface area contributed by atoms with Gasteiger partial charge in [0, 0.05) is 5.56 Å². The Labute approximate surface area is 202 Å². The molecule has 4 rings (SSSR count). The van der Waals surface area contributed by atoms with Gasteiger partial charge in [-0.05, 0) is 60.4 Å². The maximum Gasteiger partial charge on any atom is 0.337 e. The summed E-state index contributed by atoms with van der Waals surface area (Å²) in [5.74, 6) is -0.903. The van der Waals surface area contributed by atoms with E-state index in [-0.39, 0.29) is 11.3 Å². The molecule has 8 heteroatoms. The Kier molecular flexibility index (Phi) is 6.64. The third kappa shape index (κ3) is 4.77. The zero-order valence-corrected chi connectivity index (χ0v) is 19.5. The van der Waals surface area contributed by atoms with Gasteiger partial charge in [-0.1, -0.05) is 38.1 Å². The lowest BCUT2D eigenvalue weighted by Crippen LogP contribution is -2.54. The second-order valence-corrected chi connectivity index (χ2v) is 8.13. The molecule has 1 saturated heterocycles. The number of methoxy groups -OCH3 is 1. The number of nitrogens with zero attached hydrogens (tertiary/aromatic N) is 1. The van der Waals surface area contributed by atoms with Crippen LogP contribution in [0.15, 0.2) is 70.7 Å². The van der Waals surface area contributed by atoms with Gasteiger partial charge in [-0.15, -0.1) is 0 Å². The molecule has 0 radical (unpaired) electrons. The minimum Gasteiger partial charge on any atom is -0.465 e. The normalized spacial score (nSPS) is 15.8. The topological polar surface area (TPSA) is 106 Å². The number of carbonyl (C=O) groups is 4. The highest BCUT2D eigenvalue weighted by atomic mass is 16.5. The highest BCUT2D eigenvalue weighted by Crippen LogP contribution is 2.27. The number of furan rings is 1. The summed E-state index contributed by atoms with van der Waals surface area (Å²) >= 11 is 0. The third-order valence-corrected chi connectivity index (χ3v) is 5.94. The molecule has 0 spiro atoms. The SMILES string of the molecule is CC[C@H](C)c1ccc(N2C(=O)NC(=O)/C(=C/c3ccc(-c4ccc(C(=O)OC)cc4)o3)C2=O)cc1. The van der Waals surface area contributed by atoms with E-state index in [0.717, 1.165) is 16.9 Å². The smallest absolute Gasteiger partial charge is 0.337 e. The zero-order chi connectivity index (χ0) is 25.1. The molecular formula is C27H24N2O6. The molecule has 1 atom stereocenters. The molecule has 1 fully saturated rings. The monoisotopic (exact) mass is 472 g/mol. The van der Waals surface area contributed by atoms with E-state index in [1.54, 1.807) is 48.5 Å². The minimum atomic E-state index is -0.806. The Morgan fingerprint density at radius 3 is 2.34 bits per heavy atom. The number of nitrogens with one attached hydrogen (secondary N) is 1. The average molecular weight is 472 g/mol. The van der Waals surface area contributed by atoms with Gasteiger partial charge in [0.2, 0.25) is 0 Å². The van der Waals surface area contributed by atoms with Crippen LogP contribution in [-0.4, -0.2) is 30.9 Å². The first kappa shape index (κ1) is 23.7. The standard InChI is InChI=1S/C27H24N2O6/c1-4-16(2)17-9-11-20(12-10-17)29-25(31)22(24(30)28-27(29)33)15-21-13-14-23(35-21)18-5-7-19(8-6-18)26(32)34-3/h5-16H,4H2,1-3H3,(H,28,30,33)/b22-15-/t16-/m0/s1. The number of barbiturate groups is 1. The lowest BCUT2D eigenvalue weighted by atomic mass is 9.98. The van der Waals surface area contributed by atoms with Crippen molar-refractivity contribution in [2.24, 2.45) is 0 Å². The van der Waals surface area contributed by atoms with E-state index in [4.69, 9.17) is 9.15 Å². The number of esters is 1. The summed E-state index contributed by atoms with van der Waals surface area (Å²) in [6.45, 7) is 4.18. The first-order chi connectivity index (χ1) is 16.8. The van der Waals surface area contributed by atoms with E-state index in [0.29, 0.717) is 28.5 Å². The molecule has 178 valence electrons. The van der Waals surface area contributed by atoms with Crippen LogP contribution >= 0.6 is 0 Å². The predicted molar refractivity (Wildman–Crippen MR) is 130 cm³/mol. The van der Waals surface area contributed by atoms with Crippen LogP contribution in [0.25, 0.3) is 17.4 Å². The van der Waals surface area contributed by atoms with Gasteiger partial charge >= 0.3 is 12.0 Å². The Morgan fingerprint density at radius 1 is 1.03 bits per heavy atom. The van der Waals surface area contributed by atoms with Gasteiger partial charge in [0.15, 0.2) is 0 Å². The van der Waals surface area contributed by atoms with E-state index >= 15 is 0 Å². The van der Waals surface area contributed by atoms with Crippen molar-refractivity contribution in [1.82, 2.24) is 5.32 Å². The van der Waals surface area contributed by atoms with Crippen LogP contribution < -0.4 is 10.2 Å². The van der Waals surface area contributed by atoms with Crippen LogP contribution in [0, 0.1) is 0 Å². The first-order valence-corrected chi connectivity index (χ1v) is 11.1. The van der Waals surface area contributed by atoms with Gasteiger partial charge in [0.1, 0.15) is 17.1 Å². The van der Waals surface area contributed by atoms with Crippen molar-refractivity contribution in [3.63, 3.8) is 0 Å². The summed E-state index contributed by atoms with van der Waals surface area (Å²) in [6.07, 6.45) is 2.27. The molecule has 1 aliphatic rings. The predicted octanol–water partition coefficient (Wildman–Crippen LogP) is 4.91. The van der Waals surface area contributed by atoms with Gasteiger partial charge in [0.05, 0.1) is 18.4 Å². The third-order valence-electron chi connectivity index (χ3n) is 5.94. The molecule has 0 bridgehead atoms. The number of hydrogen-bond acceptors (Lipinski definition) is 6. The molecule has 0 saturated carbocycles. The van der Waals surface area contributed by atoms with Crippen molar-refractivity contribution in [3.05, 3.63) is 83.1 Å². The molecule has 1 aromatic heterocycles. The molecular weight excluding hydrogens is 448 g/mol. The van der Waals surface area contributed by atoms with Crippen molar-refractivity contribution >= 4 is 35.6 Å². The van der Waals surface area contributed by atoms with Crippen molar-refractivity contribution in [2.45, 2.75) is 26.2 Å². The molecule has 35 heavy (non-hydrogen) atoms. The quantitative estimate of drug-likeness (QED) is 0.310. The van der Waals surface area contributed by atoms with Crippen LogP contribution in [0.4, 0.5) is 10.5 Å². The number of carbonyl (C=O) groups excluding carboxylic acids is 4. The van der Waals surface area contributed by atoms with E-state index < -0.39 is 23.8 Å². The Hall–Kier alpha value is -4.46. The number of urea groups is 1. The molecule has 1 N–H and O–H groups in total. The maximum atomic E-state index is 13.1. The second kappa shape index (κ2) is 9.80. The molecule has 8 nitrogen and oxygen atoms in total. The average Bonchev–Trinajstić information content (AvgIpc) is 3.34. The molecule has 2 aromatic carbocycles. The largest absolute Gasteiger partial charge is 0.465 e. The number of rotatable bonds is 6. The molecule has 2 heterocycles. The number of amides is 4. The lowest BCUT2D eigenvalue weighted by molar-refractivity contribution is -0.122. The van der Waals surface area contributed by atoms with E-state index in [1.807, 2.05) is 12.1 Å². The van der Waals surface area contributed by atoms with Crippen molar-refractivity contribution < 1.29 is 28.3 Å². The zero-order valence-electron chi connectivity index (χ0n) is 19.5. The van der Waals surface area contributed by atoms with E-state index in [9.17, 15) is 19.2 Å². The van der Waals surface area contributed by atoms with Gasteiger partial charge in [-0.3, -0.25) is 14.9 Å². The Balaban J connectivity index is 1.59. The molecule has 0 aliphatic carbocycles. The van der Waals surface area contributed by atoms with E-state index in [2.05, 4.69) is 19.2 Å². The fourth-order valence-electron chi connectivity index (χ4n) is 3.70. The highest BCUT2D eigenvalue weighted by Gasteiger charge is 2.37. The number of imide groups is 2. The summed E-state index contributed by atoms with van der Waals surface area (Å²) < 4.78 is 10.5. The minimum absolute atomic E-state index is 0.224. The van der Waals surface area contributed by atoms with Gasteiger partial charge < -0.3 is 9.15 Å². The number of ether oxygens (including phenoxy) is 1. The number of hydrogen-bond donors (Lipinski definition) is 1. The van der Waals surface area contributed by atoms with Gasteiger partial charge in [-0.2, -0.15) is 0 Å². The van der Waals surface area contributed by atoms with Crippen LogP contribution in [0.3, 0.4) is 0 Å². The summed E-state index contributed by atoms with van der Waals surface area (Å²) in [6, 6.07) is 16.2. The molecule has 4 amide bonds. The van der Waals surface area contributed by atoms with Crippen molar-refractivity contribution in [1.29, 1.82) is 0 Å². The summed E-state index contributed by atoms with van der Waals surface area (Å²) in [7, 11) is 1.31. The Morgan fingerprint density at radius 2 is 1.71 bits per heavy atom. The molecule has 1 aliphatic heterocycles. The number of anilines is 1. The fourth-order valence-corrected chi connectivity index (χ4v) is 3.70. The van der Waals surface area contributed by atoms with E-state index in [1.165, 1.54) is 13.2 Å². The van der Waals surface area contributed by atoms with Crippen LogP contribution in [-0.2, 0) is 14.3 Å². The number of benzene rings is 2.